The SMILES string of the molecule is CCCCCCCOC(=O)c1ccccc1Br. The zero-order chi connectivity index (χ0) is 12.5. The zero-order valence-corrected chi connectivity index (χ0v) is 11.8. The van der Waals surface area contributed by atoms with Crippen LogP contribution < -0.4 is 0 Å². The predicted octanol–water partition coefficient (Wildman–Crippen LogP) is 4.58. The molecule has 3 heteroatoms. The summed E-state index contributed by atoms with van der Waals surface area (Å²) in [6.07, 6.45) is 5.81. The van der Waals surface area contributed by atoms with Crippen molar-refractivity contribution in [3.63, 3.8) is 0 Å². The van der Waals surface area contributed by atoms with Gasteiger partial charge in [-0.3, -0.25) is 0 Å². The average molecular weight is 299 g/mol. The van der Waals surface area contributed by atoms with Crippen molar-refractivity contribution in [2.45, 2.75) is 39.0 Å². The minimum absolute atomic E-state index is 0.243. The number of rotatable bonds is 7. The molecule has 1 aromatic rings. The number of carbonyl (C=O) groups is 1. The Morgan fingerprint density at radius 2 is 1.88 bits per heavy atom. The van der Waals surface area contributed by atoms with E-state index in [4.69, 9.17) is 4.74 Å². The van der Waals surface area contributed by atoms with Crippen molar-refractivity contribution >= 4 is 21.9 Å². The summed E-state index contributed by atoms with van der Waals surface area (Å²) in [4.78, 5) is 11.7. The second kappa shape index (κ2) is 8.29. The summed E-state index contributed by atoms with van der Waals surface area (Å²) in [5, 5.41) is 0. The van der Waals surface area contributed by atoms with Gasteiger partial charge < -0.3 is 4.74 Å². The van der Waals surface area contributed by atoms with Crippen LogP contribution in [0.2, 0.25) is 0 Å². The van der Waals surface area contributed by atoms with Gasteiger partial charge in [-0.05, 0) is 34.5 Å². The third-order valence-electron chi connectivity index (χ3n) is 2.57. The van der Waals surface area contributed by atoms with Gasteiger partial charge >= 0.3 is 5.97 Å². The molecule has 0 saturated carbocycles. The molecule has 0 N–H and O–H groups in total. The molecule has 0 amide bonds. The first-order chi connectivity index (χ1) is 8.25. The highest BCUT2D eigenvalue weighted by Crippen LogP contribution is 2.16. The number of ether oxygens (including phenoxy) is 1. The third-order valence-corrected chi connectivity index (χ3v) is 3.27. The van der Waals surface area contributed by atoms with Crippen LogP contribution in [0.25, 0.3) is 0 Å². The van der Waals surface area contributed by atoms with Gasteiger partial charge in [-0.15, -0.1) is 0 Å². The minimum Gasteiger partial charge on any atom is -0.462 e. The molecule has 0 aliphatic rings. The maximum atomic E-state index is 11.7. The number of hydrogen-bond donors (Lipinski definition) is 0. The number of hydrogen-bond acceptors (Lipinski definition) is 2. The molecule has 17 heavy (non-hydrogen) atoms. The van der Waals surface area contributed by atoms with Crippen LogP contribution in [0.3, 0.4) is 0 Å². The maximum Gasteiger partial charge on any atom is 0.339 e. The molecule has 0 bridgehead atoms. The Balaban J connectivity index is 2.24. The van der Waals surface area contributed by atoms with E-state index in [0.717, 1.165) is 17.3 Å². The Kier molecular flexibility index (Phi) is 6.94. The zero-order valence-electron chi connectivity index (χ0n) is 10.2. The molecule has 0 fully saturated rings. The molecule has 0 saturated heterocycles. The van der Waals surface area contributed by atoms with Crippen molar-refractivity contribution in [2.24, 2.45) is 0 Å². The van der Waals surface area contributed by atoms with Crippen LogP contribution in [-0.2, 0) is 4.74 Å². The van der Waals surface area contributed by atoms with Crippen LogP contribution in [-0.4, -0.2) is 12.6 Å². The Morgan fingerprint density at radius 3 is 2.59 bits per heavy atom. The molecular formula is C14H19BrO2. The Labute approximate surface area is 111 Å². The third kappa shape index (κ3) is 5.35. The summed E-state index contributed by atoms with van der Waals surface area (Å²) in [6.45, 7) is 2.71. The Bertz CT molecular complexity index is 350. The first-order valence-corrected chi connectivity index (χ1v) is 6.96. The second-order valence-corrected chi connectivity index (χ2v) is 4.88. The smallest absolute Gasteiger partial charge is 0.339 e. The van der Waals surface area contributed by atoms with E-state index in [1.165, 1.54) is 19.3 Å². The van der Waals surface area contributed by atoms with Crippen molar-refractivity contribution in [2.75, 3.05) is 6.61 Å². The summed E-state index contributed by atoms with van der Waals surface area (Å²) >= 11 is 3.34. The molecule has 1 aromatic carbocycles. The average Bonchev–Trinajstić information content (AvgIpc) is 2.34. The van der Waals surface area contributed by atoms with Crippen molar-refractivity contribution < 1.29 is 9.53 Å². The fraction of sp³-hybridized carbons (Fsp3) is 0.500. The lowest BCUT2D eigenvalue weighted by Gasteiger charge is -2.06. The van der Waals surface area contributed by atoms with Gasteiger partial charge in [-0.25, -0.2) is 4.79 Å². The highest BCUT2D eigenvalue weighted by molar-refractivity contribution is 9.10. The predicted molar refractivity (Wildman–Crippen MR) is 73.2 cm³/mol. The van der Waals surface area contributed by atoms with Crippen LogP contribution in [0.1, 0.15) is 49.4 Å². The Hall–Kier alpha value is -0.830. The van der Waals surface area contributed by atoms with E-state index in [-0.39, 0.29) is 5.97 Å². The summed E-state index contributed by atoms with van der Waals surface area (Å²) < 4.78 is 6.01. The number of carbonyl (C=O) groups excluding carboxylic acids is 1. The normalized spacial score (nSPS) is 10.2. The molecule has 0 atom stereocenters. The largest absolute Gasteiger partial charge is 0.462 e. The van der Waals surface area contributed by atoms with E-state index >= 15 is 0 Å². The molecule has 0 radical (unpaired) electrons. The van der Waals surface area contributed by atoms with E-state index in [1.807, 2.05) is 18.2 Å². The van der Waals surface area contributed by atoms with Gasteiger partial charge in [0.05, 0.1) is 12.2 Å². The van der Waals surface area contributed by atoms with E-state index in [2.05, 4.69) is 22.9 Å². The molecule has 0 aliphatic heterocycles. The van der Waals surface area contributed by atoms with E-state index in [9.17, 15) is 4.79 Å². The van der Waals surface area contributed by atoms with Gasteiger partial charge in [0.15, 0.2) is 0 Å². The fourth-order valence-corrected chi connectivity index (χ4v) is 2.02. The van der Waals surface area contributed by atoms with Crippen molar-refractivity contribution in [3.05, 3.63) is 34.3 Å². The van der Waals surface area contributed by atoms with Crippen molar-refractivity contribution in [1.82, 2.24) is 0 Å². The van der Waals surface area contributed by atoms with Crippen LogP contribution in [0.5, 0.6) is 0 Å². The van der Waals surface area contributed by atoms with Crippen molar-refractivity contribution in [1.29, 1.82) is 0 Å². The summed E-state index contributed by atoms with van der Waals surface area (Å²) in [5.74, 6) is -0.243. The van der Waals surface area contributed by atoms with Gasteiger partial charge in [0.1, 0.15) is 0 Å². The molecule has 94 valence electrons. The second-order valence-electron chi connectivity index (χ2n) is 4.03. The summed E-state index contributed by atoms with van der Waals surface area (Å²) in [7, 11) is 0. The topological polar surface area (TPSA) is 26.3 Å². The van der Waals surface area contributed by atoms with Crippen LogP contribution in [0.15, 0.2) is 28.7 Å². The fourth-order valence-electron chi connectivity index (χ4n) is 1.57. The highest BCUT2D eigenvalue weighted by Gasteiger charge is 2.09. The van der Waals surface area contributed by atoms with Gasteiger partial charge in [0.25, 0.3) is 0 Å². The molecule has 1 rings (SSSR count). The quantitative estimate of drug-likeness (QED) is 0.544. The number of halogens is 1. The number of benzene rings is 1. The first kappa shape index (κ1) is 14.2. The lowest BCUT2D eigenvalue weighted by molar-refractivity contribution is 0.0496. The monoisotopic (exact) mass is 298 g/mol. The molecular weight excluding hydrogens is 280 g/mol. The van der Waals surface area contributed by atoms with Crippen LogP contribution in [0, 0.1) is 0 Å². The van der Waals surface area contributed by atoms with Gasteiger partial charge in [-0.1, -0.05) is 44.7 Å². The molecule has 0 heterocycles. The van der Waals surface area contributed by atoms with E-state index < -0.39 is 0 Å². The first-order valence-electron chi connectivity index (χ1n) is 6.17. The number of unbranched alkanes of at least 4 members (excludes halogenated alkanes) is 4. The summed E-state index contributed by atoms with van der Waals surface area (Å²) in [5.41, 5.74) is 0.598. The molecule has 0 aromatic heterocycles. The van der Waals surface area contributed by atoms with Gasteiger partial charge in [-0.2, -0.15) is 0 Å². The van der Waals surface area contributed by atoms with Gasteiger partial charge in [0.2, 0.25) is 0 Å². The molecule has 0 aliphatic carbocycles. The Morgan fingerprint density at radius 1 is 1.18 bits per heavy atom. The molecule has 0 unspecified atom stereocenters. The lowest BCUT2D eigenvalue weighted by atomic mass is 10.2. The summed E-state index contributed by atoms with van der Waals surface area (Å²) in [6, 6.07) is 7.33. The van der Waals surface area contributed by atoms with Crippen LogP contribution in [0.4, 0.5) is 0 Å². The van der Waals surface area contributed by atoms with Gasteiger partial charge in [0, 0.05) is 4.47 Å². The van der Waals surface area contributed by atoms with E-state index in [0.29, 0.717) is 12.2 Å². The lowest BCUT2D eigenvalue weighted by Crippen LogP contribution is -2.07. The van der Waals surface area contributed by atoms with Crippen molar-refractivity contribution in [3.8, 4) is 0 Å². The standard InChI is InChI=1S/C14H19BrO2/c1-2-3-4-5-8-11-17-14(16)12-9-6-7-10-13(12)15/h6-7,9-10H,2-5,8,11H2,1H3. The maximum absolute atomic E-state index is 11.7. The van der Waals surface area contributed by atoms with E-state index in [1.54, 1.807) is 6.07 Å². The minimum atomic E-state index is -0.243. The molecule has 2 nitrogen and oxygen atoms in total. The molecule has 0 spiro atoms. The van der Waals surface area contributed by atoms with Crippen LogP contribution >= 0.6 is 15.9 Å². The number of esters is 1. The highest BCUT2D eigenvalue weighted by atomic mass is 79.9.